The second kappa shape index (κ2) is 4.79. The molecule has 0 saturated heterocycles. The first kappa shape index (κ1) is 12.9. The lowest BCUT2D eigenvalue weighted by molar-refractivity contribution is -0.380. The van der Waals surface area contributed by atoms with Crippen LogP contribution in [0, 0.1) is 10.1 Å². The van der Waals surface area contributed by atoms with E-state index in [1.807, 2.05) is 0 Å². The van der Waals surface area contributed by atoms with Gasteiger partial charge in [-0.25, -0.2) is 0 Å². The van der Waals surface area contributed by atoms with Gasteiger partial charge in [0.15, 0.2) is 0 Å². The molecule has 90 valence electrons. The van der Waals surface area contributed by atoms with Crippen LogP contribution in [0.25, 0.3) is 0 Å². The lowest BCUT2D eigenvalue weighted by atomic mass is 10.1. The van der Waals surface area contributed by atoms with Crippen molar-refractivity contribution in [1.82, 2.24) is 0 Å². The summed E-state index contributed by atoms with van der Waals surface area (Å²) in [4.78, 5) is 10.2. The molecule has 0 spiro atoms. The van der Waals surface area contributed by atoms with Crippen LogP contribution in [-0.4, -0.2) is 11.1 Å². The van der Waals surface area contributed by atoms with Gasteiger partial charge in [0.25, 0.3) is 0 Å². The molecule has 0 aliphatic carbocycles. The summed E-state index contributed by atoms with van der Waals surface area (Å²) in [6.45, 7) is 0. The van der Waals surface area contributed by atoms with Gasteiger partial charge in [-0.3, -0.25) is 10.1 Å². The molecule has 0 bridgehead atoms. The molecular weight excluding hydrogens is 245 g/mol. The average Bonchev–Trinajstić information content (AvgIpc) is 2.61. The molecule has 1 heterocycles. The Morgan fingerprint density at radius 2 is 2.12 bits per heavy atom. The monoisotopic (exact) mass is 254 g/mol. The number of nitro groups is 1. The van der Waals surface area contributed by atoms with Gasteiger partial charge in [-0.2, -0.15) is 13.2 Å². The molecule has 4 nitrogen and oxygen atoms in total. The molecule has 0 radical (unpaired) electrons. The Hall–Kier alpha value is -1.15. The topological polar surface area (TPSA) is 69.2 Å². The van der Waals surface area contributed by atoms with Gasteiger partial charge in [0, 0.05) is 23.4 Å². The number of hydrogen-bond donors (Lipinski definition) is 1. The van der Waals surface area contributed by atoms with Gasteiger partial charge in [0.05, 0.1) is 4.92 Å². The van der Waals surface area contributed by atoms with Crippen molar-refractivity contribution < 1.29 is 18.1 Å². The summed E-state index contributed by atoms with van der Waals surface area (Å²) in [6.07, 6.45) is -5.50. The molecule has 1 rings (SSSR count). The zero-order chi connectivity index (χ0) is 12.3. The first-order valence-electron chi connectivity index (χ1n) is 4.36. The molecule has 0 fully saturated rings. The predicted octanol–water partition coefficient (Wildman–Crippen LogP) is 3.00. The Morgan fingerprint density at radius 3 is 2.56 bits per heavy atom. The average molecular weight is 254 g/mol. The van der Waals surface area contributed by atoms with E-state index in [1.165, 1.54) is 12.1 Å². The van der Waals surface area contributed by atoms with Crippen molar-refractivity contribution in [3.05, 3.63) is 27.1 Å². The summed E-state index contributed by atoms with van der Waals surface area (Å²) in [5, 5.41) is 10.2. The fraction of sp³-hybridized carbons (Fsp3) is 0.500. The predicted molar refractivity (Wildman–Crippen MR) is 53.2 cm³/mol. The van der Waals surface area contributed by atoms with E-state index in [1.54, 1.807) is 0 Å². The highest BCUT2D eigenvalue weighted by atomic mass is 32.1. The Labute approximate surface area is 93.0 Å². The van der Waals surface area contributed by atoms with Crippen LogP contribution in [0.3, 0.4) is 0 Å². The summed E-state index contributed by atoms with van der Waals surface area (Å²) in [5.41, 5.74) is 5.50. The summed E-state index contributed by atoms with van der Waals surface area (Å²) in [7, 11) is 0. The fourth-order valence-electron chi connectivity index (χ4n) is 1.10. The number of nitrogens with zero attached hydrogens (tertiary/aromatic N) is 1. The third-order valence-electron chi connectivity index (χ3n) is 1.90. The van der Waals surface area contributed by atoms with E-state index in [4.69, 9.17) is 5.73 Å². The van der Waals surface area contributed by atoms with Gasteiger partial charge in [-0.15, -0.1) is 0 Å². The molecule has 2 N–H and O–H groups in total. The van der Waals surface area contributed by atoms with Gasteiger partial charge < -0.3 is 5.73 Å². The van der Waals surface area contributed by atoms with Crippen LogP contribution in [-0.2, 0) is 0 Å². The Balaban J connectivity index is 2.59. The molecular formula is C8H9F3N2O2S. The highest BCUT2D eigenvalue weighted by molar-refractivity contribution is 7.15. The first-order valence-corrected chi connectivity index (χ1v) is 5.17. The van der Waals surface area contributed by atoms with Crippen molar-refractivity contribution in [2.75, 3.05) is 0 Å². The number of alkyl halides is 3. The van der Waals surface area contributed by atoms with Crippen LogP contribution < -0.4 is 5.73 Å². The van der Waals surface area contributed by atoms with Gasteiger partial charge in [-0.05, 0) is 12.5 Å². The molecule has 1 atom stereocenters. The Morgan fingerprint density at radius 1 is 1.50 bits per heavy atom. The summed E-state index contributed by atoms with van der Waals surface area (Å²) < 4.78 is 35.7. The smallest absolute Gasteiger partial charge is 0.323 e. The van der Waals surface area contributed by atoms with Gasteiger partial charge in [0.2, 0.25) is 0 Å². The molecule has 0 unspecified atom stereocenters. The minimum Gasteiger partial charge on any atom is -0.323 e. The standard InChI is InChI=1S/C8H9F3N2O2S/c9-8(10,11)4-3-5(12)6-1-2-7(16-6)13(14)15/h1-2,5H,3-4,12H2/t5-/m0/s1. The summed E-state index contributed by atoms with van der Waals surface area (Å²) in [5.74, 6) is 0. The SMILES string of the molecule is N[C@@H](CCC(F)(F)F)c1ccc([N+](=O)[O-])s1. The van der Waals surface area contributed by atoms with Crippen molar-refractivity contribution in [1.29, 1.82) is 0 Å². The van der Waals surface area contributed by atoms with Crippen LogP contribution >= 0.6 is 11.3 Å². The van der Waals surface area contributed by atoms with Gasteiger partial charge >= 0.3 is 11.2 Å². The Kier molecular flexibility index (Phi) is 3.87. The summed E-state index contributed by atoms with van der Waals surface area (Å²) >= 11 is 0.808. The van der Waals surface area contributed by atoms with Crippen molar-refractivity contribution in [3.8, 4) is 0 Å². The number of hydrogen-bond acceptors (Lipinski definition) is 4. The zero-order valence-corrected chi connectivity index (χ0v) is 8.85. The van der Waals surface area contributed by atoms with E-state index in [2.05, 4.69) is 0 Å². The van der Waals surface area contributed by atoms with Crippen molar-refractivity contribution >= 4 is 16.3 Å². The minimum absolute atomic E-state index is 0.113. The second-order valence-electron chi connectivity index (χ2n) is 3.19. The quantitative estimate of drug-likeness (QED) is 0.663. The minimum atomic E-state index is -4.25. The fourth-order valence-corrected chi connectivity index (χ4v) is 1.96. The van der Waals surface area contributed by atoms with E-state index in [-0.39, 0.29) is 11.4 Å². The first-order chi connectivity index (χ1) is 7.29. The van der Waals surface area contributed by atoms with Crippen molar-refractivity contribution in [3.63, 3.8) is 0 Å². The van der Waals surface area contributed by atoms with Crippen molar-refractivity contribution in [2.45, 2.75) is 25.1 Å². The molecule has 0 aliphatic heterocycles. The zero-order valence-electron chi connectivity index (χ0n) is 8.03. The van der Waals surface area contributed by atoms with Gasteiger partial charge in [0.1, 0.15) is 0 Å². The van der Waals surface area contributed by atoms with Crippen LogP contribution in [0.4, 0.5) is 18.2 Å². The largest absolute Gasteiger partial charge is 0.389 e. The van der Waals surface area contributed by atoms with Crippen LogP contribution in [0.2, 0.25) is 0 Å². The molecule has 1 aromatic rings. The van der Waals surface area contributed by atoms with E-state index < -0.39 is 23.6 Å². The molecule has 0 aliphatic rings. The van der Waals surface area contributed by atoms with E-state index >= 15 is 0 Å². The third kappa shape index (κ3) is 3.78. The molecule has 0 aromatic carbocycles. The second-order valence-corrected chi connectivity index (χ2v) is 4.29. The highest BCUT2D eigenvalue weighted by Gasteiger charge is 2.28. The maximum absolute atomic E-state index is 11.9. The molecule has 8 heteroatoms. The van der Waals surface area contributed by atoms with Crippen LogP contribution in [0.15, 0.2) is 12.1 Å². The maximum atomic E-state index is 11.9. The third-order valence-corrected chi connectivity index (χ3v) is 3.07. The molecule has 1 aromatic heterocycles. The summed E-state index contributed by atoms with van der Waals surface area (Å²) in [6, 6.07) is 1.83. The normalized spacial score (nSPS) is 13.8. The number of nitrogens with two attached hydrogens (primary N) is 1. The molecule has 0 amide bonds. The van der Waals surface area contributed by atoms with Crippen LogP contribution in [0.1, 0.15) is 23.8 Å². The maximum Gasteiger partial charge on any atom is 0.389 e. The van der Waals surface area contributed by atoms with Crippen molar-refractivity contribution in [2.24, 2.45) is 5.73 Å². The number of thiophene rings is 1. The highest BCUT2D eigenvalue weighted by Crippen LogP contribution is 2.32. The Bertz CT molecular complexity index is 378. The molecule has 16 heavy (non-hydrogen) atoms. The van der Waals surface area contributed by atoms with Crippen LogP contribution in [0.5, 0.6) is 0 Å². The lowest BCUT2D eigenvalue weighted by Gasteiger charge is -2.10. The van der Waals surface area contributed by atoms with E-state index in [9.17, 15) is 23.3 Å². The number of halogens is 3. The molecule has 0 saturated carbocycles. The van der Waals surface area contributed by atoms with E-state index in [0.717, 1.165) is 11.3 Å². The number of rotatable bonds is 4. The van der Waals surface area contributed by atoms with Gasteiger partial charge in [-0.1, -0.05) is 11.3 Å². The van der Waals surface area contributed by atoms with E-state index in [0.29, 0.717) is 4.88 Å². The lowest BCUT2D eigenvalue weighted by Crippen LogP contribution is -2.14.